The Labute approximate surface area is 186 Å². The summed E-state index contributed by atoms with van der Waals surface area (Å²) in [6, 6.07) is 19.2. The lowest BCUT2D eigenvalue weighted by atomic mass is 9.82. The zero-order valence-electron chi connectivity index (χ0n) is 18.0. The fourth-order valence-electron chi connectivity index (χ4n) is 3.83. The molecule has 0 radical (unpaired) electrons. The van der Waals surface area contributed by atoms with Gasteiger partial charge >= 0.3 is 0 Å². The van der Waals surface area contributed by atoms with Crippen LogP contribution in [-0.4, -0.2) is 32.3 Å². The van der Waals surface area contributed by atoms with E-state index < -0.39 is 11.4 Å². The molecular formula is C24H29N3OS2. The molecular weight excluding hydrogens is 410 g/mol. The Morgan fingerprint density at radius 1 is 1.10 bits per heavy atom. The normalized spacial score (nSPS) is 17.5. The molecule has 6 heteroatoms. The molecule has 158 valence electrons. The third-order valence-electron chi connectivity index (χ3n) is 5.53. The summed E-state index contributed by atoms with van der Waals surface area (Å²) in [6.45, 7) is 10.7. The summed E-state index contributed by atoms with van der Waals surface area (Å²) in [7, 11) is 0. The van der Waals surface area contributed by atoms with Crippen molar-refractivity contribution in [3.63, 3.8) is 0 Å². The standard InChI is InChI=1S/C24H29N3OS2/c1-18-22(29-17-25-18)20-10-12-21(13-11-20)24(26-30(28)23(2,3)4)15-27(16-24)14-19-8-6-5-7-9-19/h5-13,17,26H,14-16H2,1-4H3. The van der Waals surface area contributed by atoms with Crippen molar-refractivity contribution in [2.24, 2.45) is 0 Å². The van der Waals surface area contributed by atoms with Gasteiger partial charge in [-0.15, -0.1) is 16.1 Å². The zero-order chi connectivity index (χ0) is 21.4. The smallest absolute Gasteiger partial charge is 0.136 e. The number of likely N-dealkylation sites (tertiary alicyclic amines) is 1. The molecule has 1 fully saturated rings. The van der Waals surface area contributed by atoms with Crippen LogP contribution in [0.2, 0.25) is 0 Å². The molecule has 1 atom stereocenters. The van der Waals surface area contributed by atoms with Crippen molar-refractivity contribution < 1.29 is 4.55 Å². The van der Waals surface area contributed by atoms with Gasteiger partial charge in [0, 0.05) is 31.0 Å². The molecule has 1 aliphatic rings. The molecule has 3 aromatic rings. The summed E-state index contributed by atoms with van der Waals surface area (Å²) >= 11 is 0.527. The number of rotatable bonds is 6. The average Bonchev–Trinajstić information content (AvgIpc) is 3.12. The summed E-state index contributed by atoms with van der Waals surface area (Å²) in [5.41, 5.74) is 6.34. The van der Waals surface area contributed by atoms with E-state index in [1.165, 1.54) is 21.6 Å². The second-order valence-corrected chi connectivity index (χ2v) is 11.9. The minimum atomic E-state index is -1.14. The summed E-state index contributed by atoms with van der Waals surface area (Å²) in [5, 5.41) is 0. The highest BCUT2D eigenvalue weighted by Gasteiger charge is 2.49. The van der Waals surface area contributed by atoms with Crippen LogP contribution in [0.1, 0.15) is 37.6 Å². The monoisotopic (exact) mass is 439 g/mol. The molecule has 0 saturated carbocycles. The van der Waals surface area contributed by atoms with Gasteiger partial charge in [0.1, 0.15) is 10.3 Å². The van der Waals surface area contributed by atoms with E-state index in [0.717, 1.165) is 25.3 Å². The third-order valence-corrected chi connectivity index (χ3v) is 8.19. The van der Waals surface area contributed by atoms with Gasteiger partial charge < -0.3 is 4.55 Å². The van der Waals surface area contributed by atoms with Crippen molar-refractivity contribution >= 4 is 22.7 Å². The van der Waals surface area contributed by atoms with Gasteiger partial charge in [-0.3, -0.25) is 4.90 Å². The molecule has 0 amide bonds. The van der Waals surface area contributed by atoms with Crippen LogP contribution in [0.15, 0.2) is 60.1 Å². The first-order valence-corrected chi connectivity index (χ1v) is 12.3. The fourth-order valence-corrected chi connectivity index (χ4v) is 5.55. The van der Waals surface area contributed by atoms with Gasteiger partial charge in [-0.1, -0.05) is 54.6 Å². The van der Waals surface area contributed by atoms with E-state index in [1.807, 2.05) is 39.3 Å². The number of nitrogens with one attached hydrogen (secondary N) is 1. The van der Waals surface area contributed by atoms with Crippen LogP contribution in [0.25, 0.3) is 10.4 Å². The number of benzene rings is 2. The van der Waals surface area contributed by atoms with E-state index in [4.69, 9.17) is 0 Å². The number of nitrogens with zero attached hydrogens (tertiary/aromatic N) is 2. The van der Waals surface area contributed by atoms with Crippen LogP contribution in [0.4, 0.5) is 0 Å². The number of aromatic nitrogens is 1. The van der Waals surface area contributed by atoms with Crippen LogP contribution in [-0.2, 0) is 23.4 Å². The van der Waals surface area contributed by atoms with Crippen molar-refractivity contribution in [2.75, 3.05) is 13.1 Å². The van der Waals surface area contributed by atoms with Crippen molar-refractivity contribution in [1.29, 1.82) is 0 Å². The lowest BCUT2D eigenvalue weighted by Gasteiger charge is -2.51. The van der Waals surface area contributed by atoms with Crippen molar-refractivity contribution in [3.05, 3.63) is 76.9 Å². The molecule has 2 heterocycles. The highest BCUT2D eigenvalue weighted by molar-refractivity contribution is 7.90. The molecule has 0 spiro atoms. The minimum absolute atomic E-state index is 0.297. The van der Waals surface area contributed by atoms with Crippen molar-refractivity contribution in [3.8, 4) is 10.4 Å². The molecule has 0 bridgehead atoms. The molecule has 0 aliphatic carbocycles. The van der Waals surface area contributed by atoms with Crippen molar-refractivity contribution in [2.45, 2.75) is 44.5 Å². The predicted molar refractivity (Wildman–Crippen MR) is 127 cm³/mol. The molecule has 30 heavy (non-hydrogen) atoms. The Morgan fingerprint density at radius 3 is 2.33 bits per heavy atom. The van der Waals surface area contributed by atoms with Crippen LogP contribution >= 0.6 is 11.3 Å². The number of hydrogen-bond donors (Lipinski definition) is 1. The van der Waals surface area contributed by atoms with E-state index in [9.17, 15) is 4.55 Å². The average molecular weight is 440 g/mol. The van der Waals surface area contributed by atoms with E-state index in [0.29, 0.717) is 0 Å². The predicted octanol–water partition coefficient (Wildman–Crippen LogP) is 4.88. The van der Waals surface area contributed by atoms with Crippen molar-refractivity contribution in [1.82, 2.24) is 14.6 Å². The van der Waals surface area contributed by atoms with E-state index in [2.05, 4.69) is 63.1 Å². The molecule has 4 rings (SSSR count). The molecule has 1 aliphatic heterocycles. The Hall–Kier alpha value is -1.70. The second kappa shape index (κ2) is 8.44. The van der Waals surface area contributed by atoms with Gasteiger partial charge in [-0.25, -0.2) is 4.98 Å². The molecule has 1 aromatic heterocycles. The Bertz CT molecular complexity index is 974. The summed E-state index contributed by atoms with van der Waals surface area (Å²) < 4.78 is 16.2. The lowest BCUT2D eigenvalue weighted by molar-refractivity contribution is 0.0484. The van der Waals surface area contributed by atoms with Gasteiger partial charge in [0.05, 0.1) is 16.1 Å². The minimum Gasteiger partial charge on any atom is -0.598 e. The number of hydrogen-bond acceptors (Lipinski definition) is 5. The SMILES string of the molecule is Cc1ncsc1-c1ccc(C2(N[S+]([O-])C(C)(C)C)CN(Cc3ccccc3)C2)cc1. The van der Waals surface area contributed by atoms with E-state index >= 15 is 0 Å². The summed E-state index contributed by atoms with van der Waals surface area (Å²) in [4.78, 5) is 7.98. The van der Waals surface area contributed by atoms with E-state index in [-0.39, 0.29) is 10.3 Å². The molecule has 1 N–H and O–H groups in total. The molecule has 1 unspecified atom stereocenters. The first-order valence-electron chi connectivity index (χ1n) is 10.2. The highest BCUT2D eigenvalue weighted by atomic mass is 32.2. The van der Waals surface area contributed by atoms with Gasteiger partial charge in [0.2, 0.25) is 0 Å². The molecule has 1 saturated heterocycles. The molecule has 4 nitrogen and oxygen atoms in total. The number of thiazole rings is 1. The van der Waals surface area contributed by atoms with Crippen LogP contribution < -0.4 is 4.72 Å². The Kier molecular flexibility index (Phi) is 6.06. The largest absolute Gasteiger partial charge is 0.598 e. The van der Waals surface area contributed by atoms with Crippen LogP contribution in [0.3, 0.4) is 0 Å². The lowest BCUT2D eigenvalue weighted by Crippen LogP contribution is -2.68. The quantitative estimate of drug-likeness (QED) is 0.556. The second-order valence-electron chi connectivity index (χ2n) is 9.04. The first kappa shape index (κ1) is 21.5. The first-order chi connectivity index (χ1) is 14.3. The maximum Gasteiger partial charge on any atom is 0.136 e. The topological polar surface area (TPSA) is 51.2 Å². The van der Waals surface area contributed by atoms with Gasteiger partial charge in [0.25, 0.3) is 0 Å². The summed E-state index contributed by atoms with van der Waals surface area (Å²) in [6.07, 6.45) is 0. The van der Waals surface area contributed by atoms with Gasteiger partial charge in [-0.05, 0) is 44.4 Å². The maximum absolute atomic E-state index is 13.0. The maximum atomic E-state index is 13.0. The summed E-state index contributed by atoms with van der Waals surface area (Å²) in [5.74, 6) is 0. The van der Waals surface area contributed by atoms with E-state index in [1.54, 1.807) is 11.3 Å². The van der Waals surface area contributed by atoms with Gasteiger partial charge in [0.15, 0.2) is 0 Å². The number of aryl methyl sites for hydroxylation is 1. The van der Waals surface area contributed by atoms with Crippen LogP contribution in [0.5, 0.6) is 0 Å². The Balaban J connectivity index is 1.56. The third kappa shape index (κ3) is 4.48. The Morgan fingerprint density at radius 2 is 1.77 bits per heavy atom. The van der Waals surface area contributed by atoms with Crippen LogP contribution in [0, 0.1) is 6.92 Å². The fraction of sp³-hybridized carbons (Fsp3) is 0.375. The highest BCUT2D eigenvalue weighted by Crippen LogP contribution is 2.37. The zero-order valence-corrected chi connectivity index (χ0v) is 19.6. The molecule has 2 aromatic carbocycles. The van der Waals surface area contributed by atoms with Gasteiger partial charge in [-0.2, -0.15) is 0 Å².